The highest BCUT2D eigenvalue weighted by molar-refractivity contribution is 7.80. The number of carbonyl (C=O) groups is 3. The van der Waals surface area contributed by atoms with Crippen LogP contribution in [0.1, 0.15) is 21.7 Å². The summed E-state index contributed by atoms with van der Waals surface area (Å²) in [6.45, 7) is 1.68. The van der Waals surface area contributed by atoms with Crippen molar-refractivity contribution in [3.8, 4) is 17.1 Å². The van der Waals surface area contributed by atoms with Gasteiger partial charge in [0.1, 0.15) is 22.8 Å². The maximum absolute atomic E-state index is 13.2. The molecule has 166 valence electrons. The summed E-state index contributed by atoms with van der Waals surface area (Å²) in [6.07, 6.45) is 1.32. The highest BCUT2D eigenvalue weighted by Gasteiger charge is 2.36. The Morgan fingerprint density at radius 1 is 1.12 bits per heavy atom. The molecule has 2 aromatic carbocycles. The van der Waals surface area contributed by atoms with Gasteiger partial charge in [0.05, 0.1) is 18.4 Å². The number of hydrogen-bond donors (Lipinski definition) is 2. The van der Waals surface area contributed by atoms with E-state index < -0.39 is 17.8 Å². The van der Waals surface area contributed by atoms with E-state index in [0.29, 0.717) is 28.3 Å². The highest BCUT2D eigenvalue weighted by atomic mass is 32.1. The summed E-state index contributed by atoms with van der Waals surface area (Å²) in [7, 11) is 1.47. The molecular formula is C24H18N2O6S. The zero-order chi connectivity index (χ0) is 23.7. The van der Waals surface area contributed by atoms with Crippen LogP contribution < -0.4 is 15.0 Å². The van der Waals surface area contributed by atoms with Crippen LogP contribution in [0.2, 0.25) is 0 Å². The lowest BCUT2D eigenvalue weighted by Crippen LogP contribution is -2.54. The number of anilines is 1. The quantitative estimate of drug-likeness (QED) is 0.337. The Morgan fingerprint density at radius 2 is 1.88 bits per heavy atom. The van der Waals surface area contributed by atoms with Crippen LogP contribution in [0.5, 0.6) is 5.75 Å². The molecule has 0 unspecified atom stereocenters. The highest BCUT2D eigenvalue weighted by Crippen LogP contribution is 2.32. The van der Waals surface area contributed by atoms with Gasteiger partial charge < -0.3 is 14.3 Å². The topological polar surface area (TPSA) is 109 Å². The second-order valence-corrected chi connectivity index (χ2v) is 7.50. The molecule has 2 N–H and O–H groups in total. The minimum absolute atomic E-state index is 0.0621. The molecule has 0 aliphatic carbocycles. The summed E-state index contributed by atoms with van der Waals surface area (Å²) in [5.41, 5.74) is 1.51. The van der Waals surface area contributed by atoms with E-state index in [1.807, 2.05) is 0 Å². The summed E-state index contributed by atoms with van der Waals surface area (Å²) in [4.78, 5) is 38.4. The maximum Gasteiger partial charge on any atom is 0.335 e. The van der Waals surface area contributed by atoms with E-state index in [9.17, 15) is 19.5 Å². The molecule has 8 nitrogen and oxygen atoms in total. The molecule has 1 fully saturated rings. The van der Waals surface area contributed by atoms with Gasteiger partial charge in [-0.15, -0.1) is 0 Å². The predicted octanol–water partition coefficient (Wildman–Crippen LogP) is 3.79. The van der Waals surface area contributed by atoms with Gasteiger partial charge in [-0.2, -0.15) is 0 Å². The number of nitrogens with one attached hydrogen (secondary N) is 1. The van der Waals surface area contributed by atoms with E-state index in [1.165, 1.54) is 24.2 Å². The fourth-order valence-electron chi connectivity index (χ4n) is 3.54. The van der Waals surface area contributed by atoms with Crippen molar-refractivity contribution in [2.24, 2.45) is 0 Å². The van der Waals surface area contributed by atoms with Crippen molar-refractivity contribution < 1.29 is 28.6 Å². The van der Waals surface area contributed by atoms with Gasteiger partial charge in [-0.25, -0.2) is 9.69 Å². The van der Waals surface area contributed by atoms with Gasteiger partial charge in [0.2, 0.25) is 0 Å². The zero-order valence-electron chi connectivity index (χ0n) is 17.6. The molecule has 1 saturated heterocycles. The van der Waals surface area contributed by atoms with Crippen molar-refractivity contribution in [2.75, 3.05) is 12.0 Å². The Morgan fingerprint density at radius 3 is 2.61 bits per heavy atom. The third-order valence-corrected chi connectivity index (χ3v) is 5.46. The van der Waals surface area contributed by atoms with Crippen LogP contribution in [0.25, 0.3) is 17.4 Å². The number of aromatic carboxylic acids is 1. The molecule has 0 radical (unpaired) electrons. The number of rotatable bonds is 5. The minimum Gasteiger partial charge on any atom is -0.495 e. The first kappa shape index (κ1) is 22.0. The molecule has 1 aliphatic rings. The number of furan rings is 1. The fraction of sp³-hybridized carbons (Fsp3) is 0.0833. The van der Waals surface area contributed by atoms with Crippen LogP contribution in [-0.2, 0) is 9.59 Å². The van der Waals surface area contributed by atoms with E-state index in [4.69, 9.17) is 21.4 Å². The lowest BCUT2D eigenvalue weighted by Gasteiger charge is -2.29. The van der Waals surface area contributed by atoms with Gasteiger partial charge in [0.25, 0.3) is 11.8 Å². The molecular weight excluding hydrogens is 444 g/mol. The van der Waals surface area contributed by atoms with Gasteiger partial charge in [-0.3, -0.25) is 14.9 Å². The molecule has 1 aliphatic heterocycles. The van der Waals surface area contributed by atoms with Gasteiger partial charge in [0, 0.05) is 5.56 Å². The zero-order valence-corrected chi connectivity index (χ0v) is 18.4. The Balaban J connectivity index is 1.71. The van der Waals surface area contributed by atoms with Crippen molar-refractivity contribution in [1.29, 1.82) is 0 Å². The molecule has 2 heterocycles. The van der Waals surface area contributed by atoms with E-state index in [1.54, 1.807) is 55.5 Å². The number of nitrogens with zero attached hydrogens (tertiary/aromatic N) is 1. The largest absolute Gasteiger partial charge is 0.495 e. The first-order valence-electron chi connectivity index (χ1n) is 9.79. The molecule has 2 amide bonds. The minimum atomic E-state index is -1.04. The molecule has 9 heteroatoms. The number of carbonyl (C=O) groups excluding carboxylic acids is 2. The molecule has 3 aromatic rings. The number of methoxy groups -OCH3 is 1. The molecule has 0 atom stereocenters. The fourth-order valence-corrected chi connectivity index (χ4v) is 3.82. The van der Waals surface area contributed by atoms with Crippen LogP contribution in [-0.4, -0.2) is 35.1 Å². The molecule has 1 aromatic heterocycles. The van der Waals surface area contributed by atoms with E-state index in [0.717, 1.165) is 0 Å². The smallest absolute Gasteiger partial charge is 0.335 e. The van der Waals surface area contributed by atoms with Gasteiger partial charge in [0.15, 0.2) is 5.11 Å². The third-order valence-electron chi connectivity index (χ3n) is 5.17. The maximum atomic E-state index is 13.2. The molecule has 0 bridgehead atoms. The van der Waals surface area contributed by atoms with Gasteiger partial charge >= 0.3 is 5.97 Å². The number of thiocarbonyl (C=S) groups is 1. The summed E-state index contributed by atoms with van der Waals surface area (Å²) in [5, 5.41) is 11.8. The molecule has 4 rings (SSSR count). The Labute approximate surface area is 194 Å². The number of hydrogen-bond acceptors (Lipinski definition) is 6. The standard InChI is InChI=1S/C24H18N2O6S/c1-13-15(6-5-7-16(13)23(29)30)19-11-10-14(32-19)12-17-21(27)25-24(33)26(22(17)28)18-8-3-4-9-20(18)31-2/h3-12H,1-2H3,(H,29,30)(H,25,27,33)/b17-12+. The van der Waals surface area contributed by atoms with Crippen molar-refractivity contribution in [3.63, 3.8) is 0 Å². The first-order valence-corrected chi connectivity index (χ1v) is 10.2. The Kier molecular flexibility index (Phi) is 5.80. The van der Waals surface area contributed by atoms with Crippen molar-refractivity contribution in [1.82, 2.24) is 5.32 Å². The monoisotopic (exact) mass is 462 g/mol. The van der Waals surface area contributed by atoms with Crippen LogP contribution in [0.3, 0.4) is 0 Å². The van der Waals surface area contributed by atoms with Crippen molar-refractivity contribution in [2.45, 2.75) is 6.92 Å². The van der Waals surface area contributed by atoms with Crippen LogP contribution in [0, 0.1) is 6.92 Å². The summed E-state index contributed by atoms with van der Waals surface area (Å²) in [6, 6.07) is 14.9. The van der Waals surface area contributed by atoms with E-state index in [2.05, 4.69) is 5.32 Å². The van der Waals surface area contributed by atoms with Crippen LogP contribution in [0.15, 0.2) is 64.6 Å². The molecule has 33 heavy (non-hydrogen) atoms. The summed E-state index contributed by atoms with van der Waals surface area (Å²) >= 11 is 5.22. The van der Waals surface area contributed by atoms with Gasteiger partial charge in [-0.1, -0.05) is 24.3 Å². The summed E-state index contributed by atoms with van der Waals surface area (Å²) in [5.74, 6) is -1.26. The number of ether oxygens (including phenoxy) is 1. The summed E-state index contributed by atoms with van der Waals surface area (Å²) < 4.78 is 11.1. The predicted molar refractivity (Wildman–Crippen MR) is 125 cm³/mol. The number of carboxylic acid groups (broad SMARTS) is 1. The second kappa shape index (κ2) is 8.71. The normalized spacial score (nSPS) is 15.0. The lowest BCUT2D eigenvalue weighted by atomic mass is 10.0. The molecule has 0 spiro atoms. The Bertz CT molecular complexity index is 1340. The number of benzene rings is 2. The van der Waals surface area contributed by atoms with E-state index in [-0.39, 0.29) is 22.0 Å². The Hall–Kier alpha value is -4.24. The molecule has 0 saturated carbocycles. The number of amides is 2. The van der Waals surface area contributed by atoms with Crippen LogP contribution >= 0.6 is 12.2 Å². The number of carboxylic acids is 1. The number of para-hydroxylation sites is 2. The second-order valence-electron chi connectivity index (χ2n) is 7.12. The average Bonchev–Trinajstić information content (AvgIpc) is 3.25. The lowest BCUT2D eigenvalue weighted by molar-refractivity contribution is -0.122. The van der Waals surface area contributed by atoms with E-state index >= 15 is 0 Å². The average molecular weight is 462 g/mol. The van der Waals surface area contributed by atoms with Gasteiger partial charge in [-0.05, 0) is 61.1 Å². The first-order chi connectivity index (χ1) is 15.8. The van der Waals surface area contributed by atoms with Crippen LogP contribution in [0.4, 0.5) is 5.69 Å². The van der Waals surface area contributed by atoms with Crippen molar-refractivity contribution in [3.05, 3.63) is 77.1 Å². The third kappa shape index (κ3) is 4.01. The van der Waals surface area contributed by atoms with Crippen molar-refractivity contribution >= 4 is 46.9 Å². The SMILES string of the molecule is COc1ccccc1N1C(=O)/C(=C/c2ccc(-c3cccc(C(=O)O)c3C)o2)C(=O)NC1=S.